The summed E-state index contributed by atoms with van der Waals surface area (Å²) in [6.07, 6.45) is 0.308. The van der Waals surface area contributed by atoms with Crippen LogP contribution in [0.3, 0.4) is 0 Å². The summed E-state index contributed by atoms with van der Waals surface area (Å²) < 4.78 is 11.1. The monoisotopic (exact) mass is 424 g/mol. The Morgan fingerprint density at radius 3 is 2.35 bits per heavy atom. The van der Waals surface area contributed by atoms with Gasteiger partial charge in [0.05, 0.1) is 19.8 Å². The van der Waals surface area contributed by atoms with E-state index in [1.807, 2.05) is 55.5 Å². The number of ketones is 1. The molecule has 0 radical (unpaired) electrons. The van der Waals surface area contributed by atoms with Crippen molar-refractivity contribution in [2.45, 2.75) is 31.8 Å². The highest BCUT2D eigenvalue weighted by Gasteiger charge is 2.24. The van der Waals surface area contributed by atoms with Crippen LogP contribution in [-0.4, -0.2) is 62.3 Å². The molecule has 0 bridgehead atoms. The van der Waals surface area contributed by atoms with Crippen molar-refractivity contribution >= 4 is 11.9 Å². The molecule has 2 aromatic carbocycles. The zero-order valence-corrected chi connectivity index (χ0v) is 18.2. The molecule has 6 heteroatoms. The van der Waals surface area contributed by atoms with Crippen molar-refractivity contribution in [2.75, 3.05) is 39.4 Å². The highest BCUT2D eigenvalue weighted by Crippen LogP contribution is 2.26. The Hall–Kier alpha value is -2.70. The van der Waals surface area contributed by atoms with E-state index in [1.54, 1.807) is 0 Å². The molecule has 2 unspecified atom stereocenters. The van der Waals surface area contributed by atoms with Gasteiger partial charge in [0.2, 0.25) is 0 Å². The molecule has 1 amide bonds. The van der Waals surface area contributed by atoms with Gasteiger partial charge in [0.1, 0.15) is 6.10 Å². The first-order chi connectivity index (χ1) is 15.1. The van der Waals surface area contributed by atoms with Gasteiger partial charge < -0.3 is 14.8 Å². The van der Waals surface area contributed by atoms with Crippen molar-refractivity contribution in [3.05, 3.63) is 71.8 Å². The molecule has 1 saturated heterocycles. The molecule has 31 heavy (non-hydrogen) atoms. The van der Waals surface area contributed by atoms with E-state index in [9.17, 15) is 9.59 Å². The summed E-state index contributed by atoms with van der Waals surface area (Å²) in [6.45, 7) is 6.20. The van der Waals surface area contributed by atoms with E-state index in [1.165, 1.54) is 0 Å². The second kappa shape index (κ2) is 12.2. The molecule has 1 N–H and O–H groups in total. The van der Waals surface area contributed by atoms with Gasteiger partial charge in [-0.3, -0.25) is 9.69 Å². The number of nitrogens with one attached hydrogen (secondary N) is 1. The van der Waals surface area contributed by atoms with E-state index in [0.717, 1.165) is 50.4 Å². The maximum absolute atomic E-state index is 12.3. The molecule has 2 atom stereocenters. The summed E-state index contributed by atoms with van der Waals surface area (Å²) in [4.78, 5) is 26.9. The first kappa shape index (κ1) is 23.0. The summed E-state index contributed by atoms with van der Waals surface area (Å²) in [5, 5.41) is 2.61. The molecular weight excluding hydrogens is 392 g/mol. The van der Waals surface area contributed by atoms with Crippen LogP contribution in [0, 0.1) is 0 Å². The van der Waals surface area contributed by atoms with Gasteiger partial charge in [-0.1, -0.05) is 60.7 Å². The molecule has 1 aliphatic rings. The average molecular weight is 425 g/mol. The van der Waals surface area contributed by atoms with Crippen LogP contribution in [0.2, 0.25) is 0 Å². The molecule has 0 spiro atoms. The van der Waals surface area contributed by atoms with E-state index in [0.29, 0.717) is 6.42 Å². The number of carbonyl (C=O) groups excluding carboxylic acids is 2. The summed E-state index contributed by atoms with van der Waals surface area (Å²) in [6, 6.07) is 19.6. The van der Waals surface area contributed by atoms with Crippen LogP contribution in [-0.2, 0) is 20.7 Å². The normalized spacial score (nSPS) is 16.3. The van der Waals surface area contributed by atoms with Gasteiger partial charge in [-0.25, -0.2) is 4.79 Å². The van der Waals surface area contributed by atoms with Crippen LogP contribution >= 0.6 is 0 Å². The van der Waals surface area contributed by atoms with Gasteiger partial charge in [0, 0.05) is 25.4 Å². The molecular formula is C25H32N2O4. The third-order valence-electron chi connectivity index (χ3n) is 5.62. The molecule has 0 saturated carbocycles. The average Bonchev–Trinajstić information content (AvgIpc) is 2.80. The van der Waals surface area contributed by atoms with Gasteiger partial charge in [-0.05, 0) is 31.0 Å². The van der Waals surface area contributed by atoms with E-state index in [2.05, 4.69) is 22.3 Å². The largest absolute Gasteiger partial charge is 0.446 e. The smallest absolute Gasteiger partial charge is 0.407 e. The highest BCUT2D eigenvalue weighted by atomic mass is 16.6. The predicted molar refractivity (Wildman–Crippen MR) is 120 cm³/mol. The van der Waals surface area contributed by atoms with Crippen LogP contribution in [0.15, 0.2) is 60.7 Å². The number of amides is 1. The third-order valence-corrected chi connectivity index (χ3v) is 5.62. The number of benzene rings is 2. The summed E-state index contributed by atoms with van der Waals surface area (Å²) in [5.41, 5.74) is 2.08. The maximum Gasteiger partial charge on any atom is 0.407 e. The summed E-state index contributed by atoms with van der Waals surface area (Å²) >= 11 is 0. The maximum atomic E-state index is 12.3. The zero-order valence-electron chi connectivity index (χ0n) is 18.2. The lowest BCUT2D eigenvalue weighted by molar-refractivity contribution is -0.117. The number of Topliss-reactive ketones (excluding diaryl/α,β-unsaturated/α-hetero) is 1. The Kier molecular flexibility index (Phi) is 9.06. The van der Waals surface area contributed by atoms with Crippen LogP contribution in [0.1, 0.15) is 30.4 Å². The topological polar surface area (TPSA) is 67.9 Å². The predicted octanol–water partition coefficient (Wildman–Crippen LogP) is 3.42. The van der Waals surface area contributed by atoms with Gasteiger partial charge in [0.15, 0.2) is 5.78 Å². The number of rotatable bonds is 10. The fourth-order valence-corrected chi connectivity index (χ4v) is 3.87. The number of alkyl carbamates (subject to hydrolysis) is 1. The standard InChI is InChI=1S/C25H32N2O4/c1-20(31-25(29)26-19-23(28)18-21-8-4-2-5-9-21)24(22-10-6-3-7-11-22)12-13-27-14-16-30-17-15-27/h2-11,20,24H,12-19H2,1H3,(H,26,29). The van der Waals surface area contributed by atoms with E-state index in [4.69, 9.17) is 9.47 Å². The van der Waals surface area contributed by atoms with Crippen molar-refractivity contribution in [2.24, 2.45) is 0 Å². The van der Waals surface area contributed by atoms with Crippen molar-refractivity contribution in [1.82, 2.24) is 10.2 Å². The quantitative estimate of drug-likeness (QED) is 0.633. The number of ether oxygens (including phenoxy) is 2. The SMILES string of the molecule is CC(OC(=O)NCC(=O)Cc1ccccc1)C(CCN1CCOCC1)c1ccccc1. The molecule has 3 rings (SSSR count). The van der Waals surface area contributed by atoms with E-state index >= 15 is 0 Å². The Labute approximate surface area is 184 Å². The molecule has 0 aliphatic carbocycles. The minimum atomic E-state index is -0.554. The number of carbonyl (C=O) groups is 2. The number of hydrogen-bond acceptors (Lipinski definition) is 5. The number of nitrogens with zero attached hydrogens (tertiary/aromatic N) is 1. The number of hydrogen-bond donors (Lipinski definition) is 1. The van der Waals surface area contributed by atoms with E-state index in [-0.39, 0.29) is 24.3 Å². The first-order valence-electron chi connectivity index (χ1n) is 11.0. The molecule has 166 valence electrons. The van der Waals surface area contributed by atoms with Gasteiger partial charge in [-0.2, -0.15) is 0 Å². The Balaban J connectivity index is 1.50. The Morgan fingerprint density at radius 1 is 1.03 bits per heavy atom. The third kappa shape index (κ3) is 7.81. The van der Waals surface area contributed by atoms with Crippen LogP contribution < -0.4 is 5.32 Å². The minimum absolute atomic E-state index is 0.0375. The lowest BCUT2D eigenvalue weighted by atomic mass is 9.90. The van der Waals surface area contributed by atoms with Gasteiger partial charge in [0.25, 0.3) is 0 Å². The summed E-state index contributed by atoms with van der Waals surface area (Å²) in [5.74, 6) is 0.0255. The van der Waals surface area contributed by atoms with Crippen molar-refractivity contribution < 1.29 is 19.1 Å². The highest BCUT2D eigenvalue weighted by molar-refractivity contribution is 5.85. The lowest BCUT2D eigenvalue weighted by Crippen LogP contribution is -2.38. The second-order valence-electron chi connectivity index (χ2n) is 7.92. The Bertz CT molecular complexity index is 807. The molecule has 2 aromatic rings. The first-order valence-corrected chi connectivity index (χ1v) is 11.0. The fourth-order valence-electron chi connectivity index (χ4n) is 3.87. The van der Waals surface area contributed by atoms with Gasteiger partial charge in [-0.15, -0.1) is 0 Å². The van der Waals surface area contributed by atoms with Crippen LogP contribution in [0.4, 0.5) is 4.79 Å². The second-order valence-corrected chi connectivity index (χ2v) is 7.92. The van der Waals surface area contributed by atoms with Gasteiger partial charge >= 0.3 is 6.09 Å². The molecule has 6 nitrogen and oxygen atoms in total. The van der Waals surface area contributed by atoms with Crippen LogP contribution in [0.25, 0.3) is 0 Å². The molecule has 1 fully saturated rings. The fraction of sp³-hybridized carbons (Fsp3) is 0.440. The minimum Gasteiger partial charge on any atom is -0.446 e. The number of morpholine rings is 1. The molecule has 0 aromatic heterocycles. The Morgan fingerprint density at radius 2 is 1.68 bits per heavy atom. The molecule has 1 aliphatic heterocycles. The van der Waals surface area contributed by atoms with Crippen molar-refractivity contribution in [1.29, 1.82) is 0 Å². The van der Waals surface area contributed by atoms with E-state index < -0.39 is 6.09 Å². The van der Waals surface area contributed by atoms with Crippen molar-refractivity contribution in [3.63, 3.8) is 0 Å². The molecule has 1 heterocycles. The zero-order chi connectivity index (χ0) is 21.9. The summed E-state index contributed by atoms with van der Waals surface area (Å²) in [7, 11) is 0. The van der Waals surface area contributed by atoms with Crippen molar-refractivity contribution in [3.8, 4) is 0 Å². The lowest BCUT2D eigenvalue weighted by Gasteiger charge is -2.30. The van der Waals surface area contributed by atoms with Crippen LogP contribution in [0.5, 0.6) is 0 Å².